The van der Waals surface area contributed by atoms with Crippen molar-refractivity contribution < 1.29 is 8.78 Å². The number of nitrogens with one attached hydrogen (secondary N) is 1. The van der Waals surface area contributed by atoms with Crippen LogP contribution in [-0.2, 0) is 0 Å². The summed E-state index contributed by atoms with van der Waals surface area (Å²) in [5, 5.41) is 3.35. The number of likely N-dealkylation sites (tertiary alicyclic amines) is 1. The van der Waals surface area contributed by atoms with Crippen molar-refractivity contribution in [3.05, 3.63) is 54.1 Å². The van der Waals surface area contributed by atoms with Crippen LogP contribution in [0.2, 0.25) is 0 Å². The number of hydrogen-bond acceptors (Lipinski definition) is 3. The van der Waals surface area contributed by atoms with Gasteiger partial charge in [0.05, 0.1) is 25.0 Å². The van der Waals surface area contributed by atoms with Gasteiger partial charge in [0.1, 0.15) is 11.6 Å². The molecule has 3 unspecified atom stereocenters. The van der Waals surface area contributed by atoms with E-state index in [1.165, 1.54) is 18.2 Å². The Bertz CT molecular complexity index is 816. The van der Waals surface area contributed by atoms with E-state index in [0.717, 1.165) is 32.0 Å². The van der Waals surface area contributed by atoms with Crippen molar-refractivity contribution >= 4 is 5.96 Å². The topological polar surface area (TPSA) is 48.7 Å². The third-order valence-corrected chi connectivity index (χ3v) is 5.83. The predicted octanol–water partition coefficient (Wildman–Crippen LogP) is 3.31. The van der Waals surface area contributed by atoms with Crippen LogP contribution in [0.1, 0.15) is 37.9 Å². The fraction of sp³-hybridized carbons (Fsp3) is 0.545. The zero-order chi connectivity index (χ0) is 21.7. The number of halogens is 2. The number of imidazole rings is 1. The molecule has 0 bridgehead atoms. The number of likely N-dealkylation sites (N-methyl/N-ethyl adjacent to an activating group) is 1. The summed E-state index contributed by atoms with van der Waals surface area (Å²) < 4.78 is 30.9. The first-order valence-electron chi connectivity index (χ1n) is 10.5. The Balaban J connectivity index is 1.82. The van der Waals surface area contributed by atoms with Gasteiger partial charge in [0.15, 0.2) is 5.96 Å². The highest BCUT2D eigenvalue weighted by atomic mass is 19.1. The maximum Gasteiger partial charge on any atom is 0.194 e. The van der Waals surface area contributed by atoms with Gasteiger partial charge >= 0.3 is 0 Å². The van der Waals surface area contributed by atoms with Crippen molar-refractivity contribution in [2.24, 2.45) is 10.9 Å². The third kappa shape index (κ3) is 4.98. The molecule has 1 saturated heterocycles. The number of rotatable bonds is 6. The number of benzene rings is 1. The highest BCUT2D eigenvalue weighted by molar-refractivity contribution is 5.80. The highest BCUT2D eigenvalue weighted by Gasteiger charge is 2.29. The average Bonchev–Trinajstić information content (AvgIpc) is 3.24. The molecule has 1 N–H and O–H groups in total. The first kappa shape index (κ1) is 22.2. The smallest absolute Gasteiger partial charge is 0.194 e. The minimum absolute atomic E-state index is 0.0608. The van der Waals surface area contributed by atoms with Crippen LogP contribution in [0, 0.1) is 17.6 Å². The molecule has 0 saturated carbocycles. The van der Waals surface area contributed by atoms with Crippen molar-refractivity contribution in [1.82, 2.24) is 24.7 Å². The molecule has 1 aromatic heterocycles. The Labute approximate surface area is 177 Å². The molecular formula is C22H32F2N6. The molecule has 2 aromatic rings. The molecule has 0 radical (unpaired) electrons. The third-order valence-electron chi connectivity index (χ3n) is 5.83. The molecular weight excluding hydrogens is 386 g/mol. The minimum atomic E-state index is -0.541. The molecule has 164 valence electrons. The Hall–Kier alpha value is -2.48. The molecule has 1 aromatic carbocycles. The lowest BCUT2D eigenvalue weighted by molar-refractivity contribution is 0.188. The van der Waals surface area contributed by atoms with Gasteiger partial charge in [0.2, 0.25) is 0 Å². The number of piperidine rings is 1. The molecule has 8 heteroatoms. The van der Waals surface area contributed by atoms with Crippen LogP contribution < -0.4 is 5.32 Å². The van der Waals surface area contributed by atoms with E-state index in [-0.39, 0.29) is 12.1 Å². The van der Waals surface area contributed by atoms with Crippen LogP contribution >= 0.6 is 0 Å². The van der Waals surface area contributed by atoms with Crippen molar-refractivity contribution in [1.29, 1.82) is 0 Å². The van der Waals surface area contributed by atoms with Crippen LogP contribution in [0.5, 0.6) is 0 Å². The Kier molecular flexibility index (Phi) is 7.42. The molecule has 1 fully saturated rings. The summed E-state index contributed by atoms with van der Waals surface area (Å²) in [4.78, 5) is 13.0. The fourth-order valence-electron chi connectivity index (χ4n) is 4.04. The molecule has 6 nitrogen and oxygen atoms in total. The van der Waals surface area contributed by atoms with E-state index in [9.17, 15) is 8.78 Å². The zero-order valence-electron chi connectivity index (χ0n) is 18.2. The normalized spacial score (nSPS) is 21.2. The highest BCUT2D eigenvalue weighted by Crippen LogP contribution is 2.28. The maximum absolute atomic E-state index is 14.4. The van der Waals surface area contributed by atoms with E-state index in [4.69, 9.17) is 4.99 Å². The molecule has 1 aliphatic heterocycles. The van der Waals surface area contributed by atoms with Gasteiger partial charge in [-0.05, 0) is 45.5 Å². The quantitative estimate of drug-likeness (QED) is 0.578. The first-order valence-corrected chi connectivity index (χ1v) is 10.5. The minimum Gasteiger partial charge on any atom is -0.357 e. The van der Waals surface area contributed by atoms with Crippen molar-refractivity contribution in [3.63, 3.8) is 0 Å². The van der Waals surface area contributed by atoms with Gasteiger partial charge in [-0.25, -0.2) is 13.8 Å². The van der Waals surface area contributed by atoms with Gasteiger partial charge in [-0.1, -0.05) is 13.0 Å². The molecule has 1 aliphatic rings. The second-order valence-corrected chi connectivity index (χ2v) is 8.10. The van der Waals surface area contributed by atoms with Crippen molar-refractivity contribution in [3.8, 4) is 0 Å². The van der Waals surface area contributed by atoms with Gasteiger partial charge in [-0.15, -0.1) is 0 Å². The van der Waals surface area contributed by atoms with Crippen molar-refractivity contribution in [2.45, 2.75) is 32.4 Å². The molecule has 0 aliphatic carbocycles. The zero-order valence-corrected chi connectivity index (χ0v) is 18.2. The standard InChI is InChI=1S/C22H32F2N6/c1-5-26-22(29-11-9-16(2)20(14-29)30-12-10-25-15-30)27-13-19(28(3)4)21-17(23)7-6-8-18(21)24/h6-8,10,12,15-16,19-20H,5,9,11,13-14H2,1-4H3,(H,26,27). The summed E-state index contributed by atoms with van der Waals surface area (Å²) in [6.45, 7) is 6.96. The summed E-state index contributed by atoms with van der Waals surface area (Å²) in [6.07, 6.45) is 6.69. The van der Waals surface area contributed by atoms with Gasteiger partial charge < -0.3 is 19.7 Å². The lowest BCUT2D eigenvalue weighted by Gasteiger charge is -2.39. The summed E-state index contributed by atoms with van der Waals surface area (Å²) in [7, 11) is 3.63. The summed E-state index contributed by atoms with van der Waals surface area (Å²) >= 11 is 0. The van der Waals surface area contributed by atoms with E-state index in [1.54, 1.807) is 11.1 Å². The Morgan fingerprint density at radius 3 is 2.67 bits per heavy atom. The van der Waals surface area contributed by atoms with Gasteiger partial charge in [-0.2, -0.15) is 0 Å². The molecule has 0 spiro atoms. The lowest BCUT2D eigenvalue weighted by Crippen LogP contribution is -2.49. The Morgan fingerprint density at radius 2 is 2.07 bits per heavy atom. The SMILES string of the molecule is CCNC(=NCC(c1c(F)cccc1F)N(C)C)N1CCC(C)C(n2ccnc2)C1. The van der Waals surface area contributed by atoms with Gasteiger partial charge in [0.25, 0.3) is 0 Å². The van der Waals surface area contributed by atoms with Crippen molar-refractivity contribution in [2.75, 3.05) is 40.3 Å². The Morgan fingerprint density at radius 1 is 1.33 bits per heavy atom. The van der Waals surface area contributed by atoms with Crippen LogP contribution in [0.3, 0.4) is 0 Å². The van der Waals surface area contributed by atoms with Crippen LogP contribution in [0.4, 0.5) is 8.78 Å². The average molecular weight is 419 g/mol. The number of hydrogen-bond donors (Lipinski definition) is 1. The number of guanidine groups is 1. The molecule has 3 rings (SSSR count). The van der Waals surface area contributed by atoms with Crippen LogP contribution in [0.15, 0.2) is 41.9 Å². The second-order valence-electron chi connectivity index (χ2n) is 8.10. The summed E-state index contributed by atoms with van der Waals surface area (Å²) in [6, 6.07) is 3.79. The van der Waals surface area contributed by atoms with Gasteiger partial charge in [-0.3, -0.25) is 4.99 Å². The van der Waals surface area contributed by atoms with E-state index < -0.39 is 17.7 Å². The number of aromatic nitrogens is 2. The largest absolute Gasteiger partial charge is 0.357 e. The summed E-state index contributed by atoms with van der Waals surface area (Å²) in [5.41, 5.74) is 0.0608. The molecule has 0 amide bonds. The van der Waals surface area contributed by atoms with E-state index in [0.29, 0.717) is 12.0 Å². The summed E-state index contributed by atoms with van der Waals surface area (Å²) in [5.74, 6) is 0.222. The molecule has 3 atom stereocenters. The number of nitrogens with zero attached hydrogens (tertiary/aromatic N) is 5. The van der Waals surface area contributed by atoms with E-state index in [2.05, 4.69) is 26.7 Å². The monoisotopic (exact) mass is 418 g/mol. The first-order chi connectivity index (χ1) is 14.4. The van der Waals surface area contributed by atoms with E-state index in [1.807, 2.05) is 33.5 Å². The second kappa shape index (κ2) is 10.0. The van der Waals surface area contributed by atoms with Crippen LogP contribution in [0.25, 0.3) is 0 Å². The lowest BCUT2D eigenvalue weighted by atomic mass is 9.93. The predicted molar refractivity (Wildman–Crippen MR) is 115 cm³/mol. The molecule has 2 heterocycles. The fourth-order valence-corrected chi connectivity index (χ4v) is 4.04. The maximum atomic E-state index is 14.4. The van der Waals surface area contributed by atoms with E-state index >= 15 is 0 Å². The van der Waals surface area contributed by atoms with Gasteiger partial charge in [0, 0.05) is 37.6 Å². The molecule has 30 heavy (non-hydrogen) atoms. The number of aliphatic imine (C=N–C) groups is 1. The van der Waals surface area contributed by atoms with Crippen LogP contribution in [-0.4, -0.2) is 65.6 Å².